The molecule has 0 unspecified atom stereocenters. The van der Waals surface area contributed by atoms with Crippen LogP contribution in [0.15, 0.2) is 47.6 Å². The highest BCUT2D eigenvalue weighted by molar-refractivity contribution is 7.92. The van der Waals surface area contributed by atoms with Gasteiger partial charge in [-0.15, -0.1) is 0 Å². The van der Waals surface area contributed by atoms with E-state index in [1.165, 1.54) is 62.9 Å². The van der Waals surface area contributed by atoms with Gasteiger partial charge in [-0.1, -0.05) is 0 Å². The maximum absolute atomic E-state index is 12.2. The van der Waals surface area contributed by atoms with Crippen LogP contribution in [0.3, 0.4) is 0 Å². The van der Waals surface area contributed by atoms with E-state index in [1.807, 2.05) is 0 Å². The minimum atomic E-state index is -3.79. The van der Waals surface area contributed by atoms with Crippen LogP contribution in [-0.4, -0.2) is 52.5 Å². The number of carbonyl (C=O) groups excluding carboxylic acids is 1. The molecule has 0 bridgehead atoms. The topological polar surface area (TPSA) is 140 Å². The molecule has 0 aliphatic rings. The van der Waals surface area contributed by atoms with E-state index in [-0.39, 0.29) is 11.4 Å². The highest BCUT2D eigenvalue weighted by atomic mass is 32.2. The molecule has 0 saturated heterocycles. The SMILES string of the molecule is COc1ccc(N(CC(=O)N/N=C\c2ccc([N+](=O)[O-])cc2)S(C)(=O)=O)cc1OC. The lowest BCUT2D eigenvalue weighted by Crippen LogP contribution is -2.39. The number of anilines is 1. The van der Waals surface area contributed by atoms with Gasteiger partial charge in [-0.05, 0) is 29.8 Å². The molecule has 0 heterocycles. The van der Waals surface area contributed by atoms with Crippen LogP contribution in [0.4, 0.5) is 11.4 Å². The van der Waals surface area contributed by atoms with Crippen molar-refractivity contribution in [2.45, 2.75) is 0 Å². The van der Waals surface area contributed by atoms with E-state index in [9.17, 15) is 23.3 Å². The average Bonchev–Trinajstić information content (AvgIpc) is 2.71. The fourth-order valence-electron chi connectivity index (χ4n) is 2.41. The smallest absolute Gasteiger partial charge is 0.269 e. The Hall–Kier alpha value is -3.67. The molecule has 2 aromatic rings. The average molecular weight is 436 g/mol. The summed E-state index contributed by atoms with van der Waals surface area (Å²) in [5.74, 6) is 0.0282. The normalized spacial score (nSPS) is 11.2. The predicted octanol–water partition coefficient (Wildman–Crippen LogP) is 1.53. The summed E-state index contributed by atoms with van der Waals surface area (Å²) < 4.78 is 35.6. The van der Waals surface area contributed by atoms with Gasteiger partial charge in [0.2, 0.25) is 10.0 Å². The van der Waals surface area contributed by atoms with Gasteiger partial charge >= 0.3 is 0 Å². The van der Waals surface area contributed by atoms with Crippen LogP contribution in [0.25, 0.3) is 0 Å². The molecule has 0 spiro atoms. The van der Waals surface area contributed by atoms with Gasteiger partial charge < -0.3 is 9.47 Å². The van der Waals surface area contributed by atoms with Crippen molar-refractivity contribution in [2.75, 3.05) is 31.3 Å². The number of amides is 1. The molecule has 1 amide bonds. The summed E-state index contributed by atoms with van der Waals surface area (Å²) in [6.45, 7) is -0.522. The molecule has 0 radical (unpaired) electrons. The first-order chi connectivity index (χ1) is 14.2. The largest absolute Gasteiger partial charge is 0.493 e. The molecule has 2 aromatic carbocycles. The number of ether oxygens (including phenoxy) is 2. The molecule has 0 atom stereocenters. The molecule has 0 aromatic heterocycles. The second kappa shape index (κ2) is 9.69. The van der Waals surface area contributed by atoms with Crippen LogP contribution in [0.5, 0.6) is 11.5 Å². The summed E-state index contributed by atoms with van der Waals surface area (Å²) in [4.78, 5) is 22.3. The molecule has 0 fully saturated rings. The zero-order valence-corrected chi connectivity index (χ0v) is 17.3. The Balaban J connectivity index is 2.12. The summed E-state index contributed by atoms with van der Waals surface area (Å²) in [5.41, 5.74) is 2.88. The second-order valence-corrected chi connectivity index (χ2v) is 7.86. The van der Waals surface area contributed by atoms with Crippen LogP contribution in [0.2, 0.25) is 0 Å². The number of rotatable bonds is 9. The Morgan fingerprint density at radius 3 is 2.33 bits per heavy atom. The number of hydrazone groups is 1. The first-order valence-electron chi connectivity index (χ1n) is 8.42. The van der Waals surface area contributed by atoms with Gasteiger partial charge in [0.05, 0.1) is 37.3 Å². The van der Waals surface area contributed by atoms with Crippen molar-refractivity contribution < 1.29 is 27.6 Å². The summed E-state index contributed by atoms with van der Waals surface area (Å²) >= 11 is 0. The first kappa shape index (κ1) is 22.6. The van der Waals surface area contributed by atoms with Crippen molar-refractivity contribution in [1.29, 1.82) is 0 Å². The molecule has 12 heteroatoms. The molecule has 0 aliphatic heterocycles. The van der Waals surface area contributed by atoms with Crippen molar-refractivity contribution >= 4 is 33.5 Å². The maximum atomic E-state index is 12.2. The summed E-state index contributed by atoms with van der Waals surface area (Å²) in [6.07, 6.45) is 2.25. The fourth-order valence-corrected chi connectivity index (χ4v) is 3.26. The van der Waals surface area contributed by atoms with Gasteiger partial charge in [0.15, 0.2) is 11.5 Å². The minimum Gasteiger partial charge on any atom is -0.493 e. The van der Waals surface area contributed by atoms with Crippen LogP contribution >= 0.6 is 0 Å². The highest BCUT2D eigenvalue weighted by Gasteiger charge is 2.22. The van der Waals surface area contributed by atoms with E-state index in [1.54, 1.807) is 0 Å². The predicted molar refractivity (Wildman–Crippen MR) is 111 cm³/mol. The Morgan fingerprint density at radius 2 is 1.80 bits per heavy atom. The van der Waals surface area contributed by atoms with E-state index >= 15 is 0 Å². The Labute approximate surface area is 173 Å². The third kappa shape index (κ3) is 5.91. The Bertz CT molecular complexity index is 1050. The third-order valence-electron chi connectivity index (χ3n) is 3.85. The van der Waals surface area contributed by atoms with Gasteiger partial charge in [0, 0.05) is 18.2 Å². The standard InChI is InChI=1S/C18H20N4O7S/c1-28-16-9-8-15(10-17(16)29-2)21(30(3,26)27)12-18(23)20-19-11-13-4-6-14(7-5-13)22(24)25/h4-11H,12H2,1-3H3,(H,20,23)/b19-11-. The highest BCUT2D eigenvalue weighted by Crippen LogP contribution is 2.32. The summed E-state index contributed by atoms with van der Waals surface area (Å²) in [7, 11) is -0.932. The monoisotopic (exact) mass is 436 g/mol. The Kier molecular flexibility index (Phi) is 7.31. The van der Waals surface area contributed by atoms with Crippen molar-refractivity contribution in [2.24, 2.45) is 5.10 Å². The van der Waals surface area contributed by atoms with Crippen molar-refractivity contribution in [1.82, 2.24) is 5.43 Å². The van der Waals surface area contributed by atoms with Gasteiger partial charge in [0.1, 0.15) is 6.54 Å². The fraction of sp³-hybridized carbons (Fsp3) is 0.222. The third-order valence-corrected chi connectivity index (χ3v) is 4.99. The lowest BCUT2D eigenvalue weighted by Gasteiger charge is -2.22. The van der Waals surface area contributed by atoms with Crippen LogP contribution < -0.4 is 19.2 Å². The number of hydrogen-bond donors (Lipinski definition) is 1. The number of nitro groups is 1. The molecule has 1 N–H and O–H groups in total. The van der Waals surface area contributed by atoms with Crippen LogP contribution in [0, 0.1) is 10.1 Å². The molecule has 0 aliphatic carbocycles. The molecular formula is C18H20N4O7S. The first-order valence-corrected chi connectivity index (χ1v) is 10.3. The number of nitrogens with zero attached hydrogens (tertiary/aromatic N) is 3. The zero-order chi connectivity index (χ0) is 22.3. The number of nitrogens with one attached hydrogen (secondary N) is 1. The lowest BCUT2D eigenvalue weighted by atomic mass is 10.2. The van der Waals surface area contributed by atoms with Crippen molar-refractivity contribution in [3.8, 4) is 11.5 Å². The van der Waals surface area contributed by atoms with E-state index in [4.69, 9.17) is 9.47 Å². The summed E-state index contributed by atoms with van der Waals surface area (Å²) in [6, 6.07) is 9.96. The number of sulfonamides is 1. The summed E-state index contributed by atoms with van der Waals surface area (Å²) in [5, 5.41) is 14.4. The maximum Gasteiger partial charge on any atom is 0.269 e. The van der Waals surface area contributed by atoms with Gasteiger partial charge in [0.25, 0.3) is 11.6 Å². The van der Waals surface area contributed by atoms with Crippen molar-refractivity contribution in [3.05, 3.63) is 58.1 Å². The number of benzene rings is 2. The number of carbonyl (C=O) groups is 1. The number of nitro benzene ring substituents is 1. The minimum absolute atomic E-state index is 0.0742. The molecule has 11 nitrogen and oxygen atoms in total. The molecule has 0 saturated carbocycles. The molecular weight excluding hydrogens is 416 g/mol. The Morgan fingerprint density at radius 1 is 1.17 bits per heavy atom. The van der Waals surface area contributed by atoms with E-state index in [2.05, 4.69) is 10.5 Å². The lowest BCUT2D eigenvalue weighted by molar-refractivity contribution is -0.384. The molecule has 2 rings (SSSR count). The van der Waals surface area contributed by atoms with E-state index < -0.39 is 27.4 Å². The van der Waals surface area contributed by atoms with Crippen LogP contribution in [0.1, 0.15) is 5.56 Å². The molecule has 160 valence electrons. The molecule has 30 heavy (non-hydrogen) atoms. The van der Waals surface area contributed by atoms with Crippen LogP contribution in [-0.2, 0) is 14.8 Å². The number of hydrogen-bond acceptors (Lipinski definition) is 8. The van der Waals surface area contributed by atoms with Gasteiger partial charge in [-0.2, -0.15) is 5.10 Å². The van der Waals surface area contributed by atoms with Gasteiger partial charge in [-0.25, -0.2) is 13.8 Å². The van der Waals surface area contributed by atoms with Gasteiger partial charge in [-0.3, -0.25) is 19.2 Å². The van der Waals surface area contributed by atoms with Crippen molar-refractivity contribution in [3.63, 3.8) is 0 Å². The zero-order valence-electron chi connectivity index (χ0n) is 16.4. The number of methoxy groups -OCH3 is 2. The van der Waals surface area contributed by atoms with E-state index in [0.717, 1.165) is 10.6 Å². The second-order valence-electron chi connectivity index (χ2n) is 5.95. The quantitative estimate of drug-likeness (QED) is 0.357. The van der Waals surface area contributed by atoms with E-state index in [0.29, 0.717) is 17.1 Å². The number of non-ortho nitro benzene ring substituents is 1.